The molecule has 0 aliphatic carbocycles. The van der Waals surface area contributed by atoms with Crippen molar-refractivity contribution in [1.82, 2.24) is 4.57 Å². The maximum absolute atomic E-state index is 13.1. The van der Waals surface area contributed by atoms with Crippen LogP contribution in [0.5, 0.6) is 17.2 Å². The molecule has 0 fully saturated rings. The van der Waals surface area contributed by atoms with Crippen molar-refractivity contribution in [2.24, 2.45) is 0 Å². The van der Waals surface area contributed by atoms with Crippen LogP contribution in [0.3, 0.4) is 0 Å². The average Bonchev–Trinajstić information content (AvgIpc) is 2.67. The first-order chi connectivity index (χ1) is 12.7. The van der Waals surface area contributed by atoms with Crippen LogP contribution in [-0.4, -0.2) is 25.4 Å². The molecular formula is C21H31NO4. The van der Waals surface area contributed by atoms with Gasteiger partial charge in [-0.25, -0.2) is 0 Å². The largest absolute Gasteiger partial charge is 0.497 e. The van der Waals surface area contributed by atoms with Crippen molar-refractivity contribution < 1.29 is 14.2 Å². The number of rotatable bonds is 11. The summed E-state index contributed by atoms with van der Waals surface area (Å²) < 4.78 is 18.6. The number of pyridine rings is 1. The van der Waals surface area contributed by atoms with E-state index in [0.717, 1.165) is 48.8 Å². The van der Waals surface area contributed by atoms with E-state index in [1.54, 1.807) is 18.8 Å². The van der Waals surface area contributed by atoms with Crippen LogP contribution in [0.2, 0.25) is 0 Å². The number of unbranched alkanes of at least 4 members (excludes halogenated alkanes) is 4. The van der Waals surface area contributed by atoms with E-state index in [9.17, 15) is 4.79 Å². The molecule has 2 aromatic rings. The highest BCUT2D eigenvalue weighted by molar-refractivity contribution is 5.89. The van der Waals surface area contributed by atoms with Gasteiger partial charge in [-0.3, -0.25) is 4.79 Å². The standard InChI is InChI=1S/C21H31NO4/c1-5-7-9-10-13-22-18-15-16(24-3)11-12-17(18)19(25-4)20(21(22)23)26-14-8-6-2/h11-12,15H,5-10,13-14H2,1-4H3. The van der Waals surface area contributed by atoms with Gasteiger partial charge in [-0.15, -0.1) is 0 Å². The lowest BCUT2D eigenvalue weighted by molar-refractivity contribution is 0.283. The first-order valence-electron chi connectivity index (χ1n) is 9.59. The molecule has 0 aliphatic rings. The molecule has 0 N–H and O–H groups in total. The van der Waals surface area contributed by atoms with Crippen LogP contribution < -0.4 is 19.8 Å². The van der Waals surface area contributed by atoms with Gasteiger partial charge in [-0.05, 0) is 25.0 Å². The Morgan fingerprint density at radius 1 is 0.923 bits per heavy atom. The third-order valence-corrected chi connectivity index (χ3v) is 4.57. The SMILES string of the molecule is CCCCCCn1c(=O)c(OCCCC)c(OC)c2ccc(OC)cc21. The zero-order valence-corrected chi connectivity index (χ0v) is 16.5. The van der Waals surface area contributed by atoms with E-state index in [2.05, 4.69) is 13.8 Å². The minimum atomic E-state index is -0.129. The van der Waals surface area contributed by atoms with Crippen molar-refractivity contribution in [3.8, 4) is 17.2 Å². The molecule has 0 bridgehead atoms. The predicted molar refractivity (Wildman–Crippen MR) is 106 cm³/mol. The van der Waals surface area contributed by atoms with Crippen molar-refractivity contribution in [1.29, 1.82) is 0 Å². The second-order valence-electron chi connectivity index (χ2n) is 6.46. The number of methoxy groups -OCH3 is 2. The van der Waals surface area contributed by atoms with E-state index in [1.807, 2.05) is 18.2 Å². The van der Waals surface area contributed by atoms with Gasteiger partial charge in [0, 0.05) is 18.0 Å². The molecule has 0 saturated carbocycles. The molecule has 0 radical (unpaired) electrons. The molecule has 1 aromatic carbocycles. The fourth-order valence-corrected chi connectivity index (χ4v) is 3.07. The third kappa shape index (κ3) is 4.51. The quantitative estimate of drug-likeness (QED) is 0.541. The first kappa shape index (κ1) is 20.1. The smallest absolute Gasteiger partial charge is 0.297 e. The maximum Gasteiger partial charge on any atom is 0.297 e. The number of aryl methyl sites for hydroxylation is 1. The molecule has 26 heavy (non-hydrogen) atoms. The number of benzene rings is 1. The zero-order valence-electron chi connectivity index (χ0n) is 16.5. The van der Waals surface area contributed by atoms with E-state index in [4.69, 9.17) is 14.2 Å². The summed E-state index contributed by atoms with van der Waals surface area (Å²) in [7, 11) is 3.21. The van der Waals surface area contributed by atoms with Crippen LogP contribution >= 0.6 is 0 Å². The molecule has 0 atom stereocenters. The van der Waals surface area contributed by atoms with Crippen LogP contribution in [0.25, 0.3) is 10.9 Å². The molecule has 1 aromatic heterocycles. The van der Waals surface area contributed by atoms with E-state index in [0.29, 0.717) is 24.7 Å². The maximum atomic E-state index is 13.1. The molecule has 5 nitrogen and oxygen atoms in total. The minimum Gasteiger partial charge on any atom is -0.497 e. The Balaban J connectivity index is 2.55. The Hall–Kier alpha value is -2.17. The summed E-state index contributed by atoms with van der Waals surface area (Å²) in [5.41, 5.74) is 0.695. The molecule has 0 saturated heterocycles. The highest BCUT2D eigenvalue weighted by Gasteiger charge is 2.19. The monoisotopic (exact) mass is 361 g/mol. The molecule has 0 spiro atoms. The van der Waals surface area contributed by atoms with Gasteiger partial charge in [0.05, 0.1) is 26.3 Å². The normalized spacial score (nSPS) is 10.9. The number of nitrogens with zero attached hydrogens (tertiary/aromatic N) is 1. The Morgan fingerprint density at radius 3 is 2.35 bits per heavy atom. The first-order valence-corrected chi connectivity index (χ1v) is 9.59. The summed E-state index contributed by atoms with van der Waals surface area (Å²) in [6.07, 6.45) is 6.31. The average molecular weight is 361 g/mol. The van der Waals surface area contributed by atoms with Crippen molar-refractivity contribution >= 4 is 10.9 Å². The van der Waals surface area contributed by atoms with Crippen molar-refractivity contribution in [2.45, 2.75) is 58.9 Å². The molecule has 144 valence electrons. The molecule has 0 unspecified atom stereocenters. The number of ether oxygens (including phenoxy) is 3. The highest BCUT2D eigenvalue weighted by atomic mass is 16.5. The molecule has 1 heterocycles. The van der Waals surface area contributed by atoms with Crippen LogP contribution in [-0.2, 0) is 6.54 Å². The van der Waals surface area contributed by atoms with Crippen molar-refractivity contribution in [3.05, 3.63) is 28.6 Å². The van der Waals surface area contributed by atoms with Gasteiger partial charge in [0.15, 0.2) is 5.75 Å². The van der Waals surface area contributed by atoms with E-state index in [1.165, 1.54) is 6.42 Å². The fraction of sp³-hybridized carbons (Fsp3) is 0.571. The van der Waals surface area contributed by atoms with Crippen LogP contribution in [0.4, 0.5) is 0 Å². The molecule has 5 heteroatoms. The van der Waals surface area contributed by atoms with Gasteiger partial charge in [0.2, 0.25) is 5.75 Å². The van der Waals surface area contributed by atoms with Crippen molar-refractivity contribution in [2.75, 3.05) is 20.8 Å². The van der Waals surface area contributed by atoms with Gasteiger partial charge in [0.25, 0.3) is 5.56 Å². The third-order valence-electron chi connectivity index (χ3n) is 4.57. The lowest BCUT2D eigenvalue weighted by atomic mass is 10.1. The lowest BCUT2D eigenvalue weighted by Gasteiger charge is -2.18. The number of aromatic nitrogens is 1. The summed E-state index contributed by atoms with van der Waals surface area (Å²) in [5, 5.41) is 0.870. The van der Waals surface area contributed by atoms with Crippen molar-refractivity contribution in [3.63, 3.8) is 0 Å². The molecular weight excluding hydrogens is 330 g/mol. The number of hydrogen-bond donors (Lipinski definition) is 0. The van der Waals surface area contributed by atoms with Gasteiger partial charge in [-0.1, -0.05) is 39.5 Å². The summed E-state index contributed by atoms with van der Waals surface area (Å²) in [6, 6.07) is 5.71. The predicted octanol–water partition coefficient (Wildman–Crippen LogP) is 4.78. The summed E-state index contributed by atoms with van der Waals surface area (Å²) in [6.45, 7) is 5.45. The fourth-order valence-electron chi connectivity index (χ4n) is 3.07. The van der Waals surface area contributed by atoms with Gasteiger partial charge >= 0.3 is 0 Å². The molecule has 0 aliphatic heterocycles. The number of fused-ring (bicyclic) bond motifs is 1. The summed E-state index contributed by atoms with van der Waals surface area (Å²) in [5.74, 6) is 1.54. The topological polar surface area (TPSA) is 49.7 Å². The molecule has 2 rings (SSSR count). The van der Waals surface area contributed by atoms with Crippen LogP contribution in [0, 0.1) is 0 Å². The van der Waals surface area contributed by atoms with Gasteiger partial charge in [0.1, 0.15) is 5.75 Å². The van der Waals surface area contributed by atoms with E-state index >= 15 is 0 Å². The highest BCUT2D eigenvalue weighted by Crippen LogP contribution is 2.34. The molecule has 0 amide bonds. The summed E-state index contributed by atoms with van der Waals surface area (Å²) >= 11 is 0. The second-order valence-corrected chi connectivity index (χ2v) is 6.46. The van der Waals surface area contributed by atoms with Crippen LogP contribution in [0.15, 0.2) is 23.0 Å². The minimum absolute atomic E-state index is 0.129. The van der Waals surface area contributed by atoms with Gasteiger partial charge < -0.3 is 18.8 Å². The van der Waals surface area contributed by atoms with Crippen LogP contribution in [0.1, 0.15) is 52.4 Å². The number of hydrogen-bond acceptors (Lipinski definition) is 4. The van der Waals surface area contributed by atoms with E-state index in [-0.39, 0.29) is 5.56 Å². The second kappa shape index (κ2) is 10.1. The van der Waals surface area contributed by atoms with Gasteiger partial charge in [-0.2, -0.15) is 0 Å². The summed E-state index contributed by atoms with van der Waals surface area (Å²) in [4.78, 5) is 13.1. The Morgan fingerprint density at radius 2 is 1.69 bits per heavy atom. The Labute approximate surface area is 155 Å². The lowest BCUT2D eigenvalue weighted by Crippen LogP contribution is -2.24. The Kier molecular flexibility index (Phi) is 7.82. The Bertz CT molecular complexity index is 767. The zero-order chi connectivity index (χ0) is 18.9. The van der Waals surface area contributed by atoms with E-state index < -0.39 is 0 Å².